The van der Waals surface area contributed by atoms with Crippen LogP contribution in [0.4, 0.5) is 0 Å². The molecule has 0 aliphatic heterocycles. The summed E-state index contributed by atoms with van der Waals surface area (Å²) in [4.78, 5) is 0. The molecule has 0 amide bonds. The molecule has 0 saturated heterocycles. The van der Waals surface area contributed by atoms with Gasteiger partial charge in [0.1, 0.15) is 0 Å². The van der Waals surface area contributed by atoms with Gasteiger partial charge in [0.25, 0.3) is 0 Å². The van der Waals surface area contributed by atoms with E-state index in [0.717, 1.165) is 0 Å². The Labute approximate surface area is 92.7 Å². The minimum atomic E-state index is 0.256. The van der Waals surface area contributed by atoms with Crippen molar-refractivity contribution in [1.82, 2.24) is 0 Å². The third-order valence-electron chi connectivity index (χ3n) is 3.54. The van der Waals surface area contributed by atoms with E-state index >= 15 is 0 Å². The number of aryl methyl sites for hydroxylation is 2. The molecule has 2 N–H and O–H groups in total. The highest BCUT2D eigenvalue weighted by molar-refractivity contribution is 5.30. The van der Waals surface area contributed by atoms with Gasteiger partial charge < -0.3 is 5.73 Å². The van der Waals surface area contributed by atoms with Gasteiger partial charge in [-0.2, -0.15) is 0 Å². The second-order valence-electron chi connectivity index (χ2n) is 4.99. The highest BCUT2D eigenvalue weighted by Crippen LogP contribution is 2.34. The highest BCUT2D eigenvalue weighted by Gasteiger charge is 2.23. The van der Waals surface area contributed by atoms with Crippen LogP contribution in [0.2, 0.25) is 0 Å². The fraction of sp³-hybridized carbons (Fsp3) is 0.571. The number of hydrogen-bond acceptors (Lipinski definition) is 1. The summed E-state index contributed by atoms with van der Waals surface area (Å²) in [5.74, 6) is 0.714. The summed E-state index contributed by atoms with van der Waals surface area (Å²) in [6.45, 7) is 4.30. The molecule has 1 aromatic rings. The molecular formula is C14H21N. The SMILES string of the molecule is Cc1cc(C)cc([C@H](N)C2CCCC2)c1. The molecule has 0 spiro atoms. The summed E-state index contributed by atoms with van der Waals surface area (Å²) in [5, 5.41) is 0. The van der Waals surface area contributed by atoms with Crippen LogP contribution in [0.25, 0.3) is 0 Å². The van der Waals surface area contributed by atoms with Crippen molar-refractivity contribution in [2.45, 2.75) is 45.6 Å². The summed E-state index contributed by atoms with van der Waals surface area (Å²) >= 11 is 0. The van der Waals surface area contributed by atoms with E-state index in [1.54, 1.807) is 0 Å². The van der Waals surface area contributed by atoms with Crippen molar-refractivity contribution in [3.8, 4) is 0 Å². The standard InChI is InChI=1S/C14H21N/c1-10-7-11(2)9-13(8-10)14(15)12-5-3-4-6-12/h7-9,12,14H,3-6,15H2,1-2H3/t14-/m1/s1. The van der Waals surface area contributed by atoms with Crippen LogP contribution in [-0.4, -0.2) is 0 Å². The first-order valence-corrected chi connectivity index (χ1v) is 6.00. The third-order valence-corrected chi connectivity index (χ3v) is 3.54. The van der Waals surface area contributed by atoms with Crippen molar-refractivity contribution in [2.24, 2.45) is 11.7 Å². The summed E-state index contributed by atoms with van der Waals surface area (Å²) < 4.78 is 0. The Balaban J connectivity index is 2.20. The lowest BCUT2D eigenvalue weighted by Gasteiger charge is -2.20. The van der Waals surface area contributed by atoms with E-state index in [1.807, 2.05) is 0 Å². The molecule has 0 heterocycles. The average Bonchev–Trinajstić information content (AvgIpc) is 2.67. The first-order valence-electron chi connectivity index (χ1n) is 6.00. The topological polar surface area (TPSA) is 26.0 Å². The Hall–Kier alpha value is -0.820. The van der Waals surface area contributed by atoms with Gasteiger partial charge in [0.2, 0.25) is 0 Å². The molecular weight excluding hydrogens is 182 g/mol. The Bertz CT molecular complexity index is 317. The monoisotopic (exact) mass is 203 g/mol. The minimum absolute atomic E-state index is 0.256. The highest BCUT2D eigenvalue weighted by atomic mass is 14.7. The maximum Gasteiger partial charge on any atom is 0.0323 e. The van der Waals surface area contributed by atoms with Gasteiger partial charge in [-0.05, 0) is 38.2 Å². The summed E-state index contributed by atoms with van der Waals surface area (Å²) in [5.41, 5.74) is 10.3. The Morgan fingerprint density at radius 3 is 2.13 bits per heavy atom. The van der Waals surface area contributed by atoms with Crippen LogP contribution in [0.1, 0.15) is 48.4 Å². The van der Waals surface area contributed by atoms with Crippen LogP contribution < -0.4 is 5.73 Å². The lowest BCUT2D eigenvalue weighted by atomic mass is 9.91. The van der Waals surface area contributed by atoms with Crippen molar-refractivity contribution in [1.29, 1.82) is 0 Å². The van der Waals surface area contributed by atoms with Crippen LogP contribution in [0, 0.1) is 19.8 Å². The summed E-state index contributed by atoms with van der Waals surface area (Å²) in [7, 11) is 0. The molecule has 0 bridgehead atoms. The first-order chi connectivity index (χ1) is 7.16. The zero-order valence-corrected chi connectivity index (χ0v) is 9.79. The molecule has 1 atom stereocenters. The normalized spacial score (nSPS) is 19.4. The molecule has 2 rings (SSSR count). The number of nitrogens with two attached hydrogens (primary N) is 1. The second-order valence-corrected chi connectivity index (χ2v) is 4.99. The Morgan fingerprint density at radius 1 is 1.07 bits per heavy atom. The van der Waals surface area contributed by atoms with E-state index in [1.165, 1.54) is 42.4 Å². The van der Waals surface area contributed by atoms with Crippen molar-refractivity contribution in [3.63, 3.8) is 0 Å². The Kier molecular flexibility index (Phi) is 3.11. The number of rotatable bonds is 2. The van der Waals surface area contributed by atoms with Gasteiger partial charge >= 0.3 is 0 Å². The lowest BCUT2D eigenvalue weighted by molar-refractivity contribution is 0.444. The number of hydrogen-bond donors (Lipinski definition) is 1. The fourth-order valence-electron chi connectivity index (χ4n) is 2.79. The van der Waals surface area contributed by atoms with Gasteiger partial charge in [-0.15, -0.1) is 0 Å². The lowest BCUT2D eigenvalue weighted by Crippen LogP contribution is -2.19. The summed E-state index contributed by atoms with van der Waals surface area (Å²) in [6.07, 6.45) is 5.36. The molecule has 82 valence electrons. The fourth-order valence-corrected chi connectivity index (χ4v) is 2.79. The van der Waals surface area contributed by atoms with Gasteiger partial charge in [0.15, 0.2) is 0 Å². The van der Waals surface area contributed by atoms with E-state index in [4.69, 9.17) is 5.73 Å². The van der Waals surface area contributed by atoms with E-state index in [2.05, 4.69) is 32.0 Å². The molecule has 0 unspecified atom stereocenters. The second kappa shape index (κ2) is 4.36. The molecule has 1 nitrogen and oxygen atoms in total. The van der Waals surface area contributed by atoms with Crippen molar-refractivity contribution in [2.75, 3.05) is 0 Å². The molecule has 0 radical (unpaired) electrons. The largest absolute Gasteiger partial charge is 0.324 e. The predicted molar refractivity (Wildman–Crippen MR) is 64.8 cm³/mol. The average molecular weight is 203 g/mol. The summed E-state index contributed by atoms with van der Waals surface area (Å²) in [6, 6.07) is 6.96. The van der Waals surface area contributed by atoms with Crippen LogP contribution in [-0.2, 0) is 0 Å². The molecule has 1 aromatic carbocycles. The van der Waals surface area contributed by atoms with Gasteiger partial charge in [-0.25, -0.2) is 0 Å². The maximum atomic E-state index is 6.34. The zero-order valence-electron chi connectivity index (χ0n) is 9.79. The third kappa shape index (κ3) is 2.40. The maximum absolute atomic E-state index is 6.34. The molecule has 1 fully saturated rings. The molecule has 1 heteroatoms. The van der Waals surface area contributed by atoms with Crippen LogP contribution >= 0.6 is 0 Å². The van der Waals surface area contributed by atoms with E-state index < -0.39 is 0 Å². The molecule has 1 aliphatic rings. The van der Waals surface area contributed by atoms with Crippen molar-refractivity contribution < 1.29 is 0 Å². The van der Waals surface area contributed by atoms with E-state index in [9.17, 15) is 0 Å². The Morgan fingerprint density at radius 2 is 1.60 bits per heavy atom. The van der Waals surface area contributed by atoms with Crippen molar-refractivity contribution >= 4 is 0 Å². The van der Waals surface area contributed by atoms with Gasteiger partial charge in [0.05, 0.1) is 0 Å². The van der Waals surface area contributed by atoms with Gasteiger partial charge in [-0.3, -0.25) is 0 Å². The predicted octanol–water partition coefficient (Wildman–Crippen LogP) is 3.49. The molecule has 0 aromatic heterocycles. The smallest absolute Gasteiger partial charge is 0.0323 e. The van der Waals surface area contributed by atoms with Crippen LogP contribution in [0.3, 0.4) is 0 Å². The first kappa shape index (κ1) is 10.7. The van der Waals surface area contributed by atoms with E-state index in [0.29, 0.717) is 5.92 Å². The molecule has 1 saturated carbocycles. The number of benzene rings is 1. The molecule has 1 aliphatic carbocycles. The molecule has 15 heavy (non-hydrogen) atoms. The van der Waals surface area contributed by atoms with Gasteiger partial charge in [-0.1, -0.05) is 42.2 Å². The van der Waals surface area contributed by atoms with E-state index in [-0.39, 0.29) is 6.04 Å². The van der Waals surface area contributed by atoms with Crippen molar-refractivity contribution in [3.05, 3.63) is 34.9 Å². The van der Waals surface area contributed by atoms with Crippen LogP contribution in [0.5, 0.6) is 0 Å². The van der Waals surface area contributed by atoms with Gasteiger partial charge in [0, 0.05) is 6.04 Å². The quantitative estimate of drug-likeness (QED) is 0.782. The van der Waals surface area contributed by atoms with Crippen LogP contribution in [0.15, 0.2) is 18.2 Å². The zero-order chi connectivity index (χ0) is 10.8. The minimum Gasteiger partial charge on any atom is -0.324 e.